The van der Waals surface area contributed by atoms with Gasteiger partial charge in [0.05, 0.1) is 12.2 Å². The lowest BCUT2D eigenvalue weighted by atomic mass is 10.3. The van der Waals surface area contributed by atoms with Gasteiger partial charge in [-0.1, -0.05) is 0 Å². The second kappa shape index (κ2) is 6.40. The van der Waals surface area contributed by atoms with Gasteiger partial charge in [-0.05, 0) is 19.1 Å². The molecule has 2 aromatic rings. The van der Waals surface area contributed by atoms with Gasteiger partial charge in [0.2, 0.25) is 5.91 Å². The topological polar surface area (TPSA) is 64.1 Å². The van der Waals surface area contributed by atoms with Gasteiger partial charge >= 0.3 is 0 Å². The summed E-state index contributed by atoms with van der Waals surface area (Å²) in [5.41, 5.74) is 1.92. The molecule has 0 aliphatic rings. The summed E-state index contributed by atoms with van der Waals surface area (Å²) in [5.74, 6) is -0.127. The Labute approximate surface area is 115 Å². The summed E-state index contributed by atoms with van der Waals surface area (Å²) >= 11 is 1.57. The largest absolute Gasteiger partial charge is 0.375 e. The second-order valence-electron chi connectivity index (χ2n) is 3.98. The van der Waals surface area contributed by atoms with Crippen LogP contribution in [0.25, 0.3) is 10.6 Å². The highest BCUT2D eigenvalue weighted by atomic mass is 32.1. The summed E-state index contributed by atoms with van der Waals surface area (Å²) in [4.78, 5) is 21.0. The maximum absolute atomic E-state index is 11.3. The quantitative estimate of drug-likeness (QED) is 0.904. The van der Waals surface area contributed by atoms with Gasteiger partial charge in [-0.25, -0.2) is 4.98 Å². The molecule has 5 nitrogen and oxygen atoms in total. The number of nitrogens with one attached hydrogen (secondary N) is 1. The number of methoxy groups -OCH3 is 1. The summed E-state index contributed by atoms with van der Waals surface area (Å²) < 4.78 is 4.76. The summed E-state index contributed by atoms with van der Waals surface area (Å²) in [6.07, 6.45) is 3.52. The van der Waals surface area contributed by atoms with Crippen molar-refractivity contribution in [2.75, 3.05) is 13.7 Å². The minimum absolute atomic E-state index is 0.0767. The number of hydrogen-bond donors (Lipinski definition) is 1. The molecule has 0 saturated carbocycles. The van der Waals surface area contributed by atoms with Crippen LogP contribution in [0.15, 0.2) is 24.5 Å². The van der Waals surface area contributed by atoms with Crippen LogP contribution in [0.2, 0.25) is 0 Å². The number of amides is 1. The van der Waals surface area contributed by atoms with Gasteiger partial charge in [-0.15, -0.1) is 11.3 Å². The van der Waals surface area contributed by atoms with Gasteiger partial charge < -0.3 is 10.1 Å². The molecule has 0 fully saturated rings. The average molecular weight is 277 g/mol. The van der Waals surface area contributed by atoms with Crippen molar-refractivity contribution in [2.24, 2.45) is 0 Å². The SMILES string of the molecule is COCC(=O)NCc1sc(-c2cccnc2)nc1C. The number of carbonyl (C=O) groups is 1. The van der Waals surface area contributed by atoms with Crippen LogP contribution in [0, 0.1) is 6.92 Å². The van der Waals surface area contributed by atoms with Crippen LogP contribution in [0.1, 0.15) is 10.6 Å². The highest BCUT2D eigenvalue weighted by Crippen LogP contribution is 2.26. The molecular weight excluding hydrogens is 262 g/mol. The molecule has 0 radical (unpaired) electrons. The van der Waals surface area contributed by atoms with Gasteiger partial charge in [0.15, 0.2) is 0 Å². The standard InChI is InChI=1S/C13H15N3O2S/c1-9-11(7-15-12(17)8-18-2)19-13(16-9)10-4-3-5-14-6-10/h3-6H,7-8H2,1-2H3,(H,15,17). The third-order valence-electron chi connectivity index (χ3n) is 2.52. The monoisotopic (exact) mass is 277 g/mol. The van der Waals surface area contributed by atoms with Crippen LogP contribution in [0.4, 0.5) is 0 Å². The Morgan fingerprint density at radius 1 is 1.53 bits per heavy atom. The second-order valence-corrected chi connectivity index (χ2v) is 5.06. The highest BCUT2D eigenvalue weighted by Gasteiger charge is 2.10. The molecule has 2 rings (SSSR count). The van der Waals surface area contributed by atoms with E-state index in [2.05, 4.69) is 15.3 Å². The van der Waals surface area contributed by atoms with E-state index in [4.69, 9.17) is 4.74 Å². The first-order valence-electron chi connectivity index (χ1n) is 5.83. The molecule has 0 bridgehead atoms. The van der Waals surface area contributed by atoms with Crippen molar-refractivity contribution < 1.29 is 9.53 Å². The molecule has 0 saturated heterocycles. The van der Waals surface area contributed by atoms with Gasteiger partial charge in [0.25, 0.3) is 0 Å². The summed E-state index contributed by atoms with van der Waals surface area (Å²) in [6, 6.07) is 3.85. The number of ether oxygens (including phenoxy) is 1. The minimum Gasteiger partial charge on any atom is -0.375 e. The van der Waals surface area contributed by atoms with Crippen LogP contribution in [0.3, 0.4) is 0 Å². The Balaban J connectivity index is 2.07. The van der Waals surface area contributed by atoms with E-state index in [0.29, 0.717) is 6.54 Å². The number of carbonyl (C=O) groups excluding carboxylic acids is 1. The first-order valence-corrected chi connectivity index (χ1v) is 6.64. The minimum atomic E-state index is -0.127. The Morgan fingerprint density at radius 2 is 2.37 bits per heavy atom. The van der Waals surface area contributed by atoms with Crippen molar-refractivity contribution in [1.29, 1.82) is 0 Å². The van der Waals surface area contributed by atoms with E-state index in [9.17, 15) is 4.79 Å². The van der Waals surface area contributed by atoms with Crippen LogP contribution >= 0.6 is 11.3 Å². The number of thiazole rings is 1. The number of pyridine rings is 1. The fourth-order valence-electron chi connectivity index (χ4n) is 1.57. The molecule has 6 heteroatoms. The van der Waals surface area contributed by atoms with Gasteiger partial charge in [-0.2, -0.15) is 0 Å². The summed E-state index contributed by atoms with van der Waals surface area (Å²) in [6.45, 7) is 2.49. The lowest BCUT2D eigenvalue weighted by Gasteiger charge is -2.02. The molecule has 1 amide bonds. The maximum atomic E-state index is 11.3. The maximum Gasteiger partial charge on any atom is 0.246 e. The molecule has 0 atom stereocenters. The lowest BCUT2D eigenvalue weighted by Crippen LogP contribution is -2.26. The molecule has 19 heavy (non-hydrogen) atoms. The molecular formula is C13H15N3O2S. The van der Waals surface area contributed by atoms with Gasteiger partial charge in [0, 0.05) is 29.9 Å². The van der Waals surface area contributed by atoms with E-state index in [1.807, 2.05) is 19.1 Å². The highest BCUT2D eigenvalue weighted by molar-refractivity contribution is 7.15. The Kier molecular flexibility index (Phi) is 4.59. The fraction of sp³-hybridized carbons (Fsp3) is 0.308. The average Bonchev–Trinajstić information content (AvgIpc) is 2.79. The molecule has 100 valence electrons. The molecule has 0 spiro atoms. The molecule has 2 aromatic heterocycles. The summed E-state index contributed by atoms with van der Waals surface area (Å²) in [7, 11) is 1.50. The van der Waals surface area contributed by atoms with Crippen molar-refractivity contribution in [3.8, 4) is 10.6 Å². The number of nitrogens with zero attached hydrogens (tertiary/aromatic N) is 2. The van der Waals surface area contributed by atoms with Crippen LogP contribution < -0.4 is 5.32 Å². The van der Waals surface area contributed by atoms with Crippen LogP contribution in [-0.4, -0.2) is 29.6 Å². The predicted molar refractivity (Wildman–Crippen MR) is 73.8 cm³/mol. The Morgan fingerprint density at radius 3 is 3.05 bits per heavy atom. The normalized spacial score (nSPS) is 10.4. The van der Waals surface area contributed by atoms with Crippen molar-refractivity contribution in [1.82, 2.24) is 15.3 Å². The zero-order chi connectivity index (χ0) is 13.7. The van der Waals surface area contributed by atoms with E-state index in [1.54, 1.807) is 23.7 Å². The fourth-order valence-corrected chi connectivity index (χ4v) is 2.56. The van der Waals surface area contributed by atoms with Crippen LogP contribution in [-0.2, 0) is 16.1 Å². The van der Waals surface area contributed by atoms with E-state index in [1.165, 1.54) is 7.11 Å². The Hall–Kier alpha value is -1.79. The molecule has 2 heterocycles. The number of rotatable bonds is 5. The number of hydrogen-bond acceptors (Lipinski definition) is 5. The van der Waals surface area contributed by atoms with Crippen molar-refractivity contribution in [3.63, 3.8) is 0 Å². The van der Waals surface area contributed by atoms with Crippen molar-refractivity contribution in [2.45, 2.75) is 13.5 Å². The zero-order valence-electron chi connectivity index (χ0n) is 10.8. The third-order valence-corrected chi connectivity index (χ3v) is 3.73. The van der Waals surface area contributed by atoms with Crippen LogP contribution in [0.5, 0.6) is 0 Å². The zero-order valence-corrected chi connectivity index (χ0v) is 11.7. The lowest BCUT2D eigenvalue weighted by molar-refractivity contribution is -0.124. The number of aromatic nitrogens is 2. The van der Waals surface area contributed by atoms with Gasteiger partial charge in [-0.3, -0.25) is 9.78 Å². The smallest absolute Gasteiger partial charge is 0.246 e. The van der Waals surface area contributed by atoms with Gasteiger partial charge in [0.1, 0.15) is 11.6 Å². The molecule has 0 aliphatic carbocycles. The van der Waals surface area contributed by atoms with E-state index in [-0.39, 0.29) is 12.5 Å². The number of aryl methyl sites for hydroxylation is 1. The van der Waals surface area contributed by atoms with Crippen molar-refractivity contribution in [3.05, 3.63) is 35.1 Å². The first-order chi connectivity index (χ1) is 9.20. The predicted octanol–water partition coefficient (Wildman–Crippen LogP) is 1.78. The molecule has 0 aromatic carbocycles. The molecule has 0 aliphatic heterocycles. The van der Waals surface area contributed by atoms with E-state index >= 15 is 0 Å². The van der Waals surface area contributed by atoms with E-state index < -0.39 is 0 Å². The Bertz CT molecular complexity index is 554. The third kappa shape index (κ3) is 3.59. The first kappa shape index (κ1) is 13.6. The molecule has 0 unspecified atom stereocenters. The molecule has 1 N–H and O–H groups in total. The van der Waals surface area contributed by atoms with Crippen molar-refractivity contribution >= 4 is 17.2 Å². The summed E-state index contributed by atoms with van der Waals surface area (Å²) in [5, 5.41) is 3.71. The van der Waals surface area contributed by atoms with E-state index in [0.717, 1.165) is 21.1 Å².